The number of aromatic nitrogens is 2. The van der Waals surface area contributed by atoms with Crippen LogP contribution in [0, 0.1) is 0 Å². The van der Waals surface area contributed by atoms with Crippen LogP contribution in [-0.2, 0) is 22.9 Å². The van der Waals surface area contributed by atoms with Gasteiger partial charge in [-0.15, -0.1) is 0 Å². The van der Waals surface area contributed by atoms with Gasteiger partial charge in [0.15, 0.2) is 5.82 Å². The van der Waals surface area contributed by atoms with E-state index in [1.165, 1.54) is 17.5 Å². The summed E-state index contributed by atoms with van der Waals surface area (Å²) in [6.45, 7) is 0.505. The van der Waals surface area contributed by atoms with E-state index in [0.29, 0.717) is 23.2 Å². The van der Waals surface area contributed by atoms with E-state index >= 15 is 0 Å². The molecule has 2 aliphatic carbocycles. The second-order valence-electron chi connectivity index (χ2n) is 7.68. The van der Waals surface area contributed by atoms with E-state index in [-0.39, 0.29) is 6.04 Å². The van der Waals surface area contributed by atoms with Crippen molar-refractivity contribution in [3.05, 3.63) is 41.0 Å². The summed E-state index contributed by atoms with van der Waals surface area (Å²) < 4.78 is 33.6. The van der Waals surface area contributed by atoms with Gasteiger partial charge >= 0.3 is 0 Å². The van der Waals surface area contributed by atoms with Crippen molar-refractivity contribution in [2.45, 2.75) is 68.2 Å². The van der Waals surface area contributed by atoms with Crippen LogP contribution in [0.5, 0.6) is 0 Å². The lowest BCUT2D eigenvalue weighted by Gasteiger charge is -2.23. The van der Waals surface area contributed by atoms with Crippen LogP contribution in [0.1, 0.15) is 73.3 Å². The Kier molecular flexibility index (Phi) is 3.90. The molecule has 0 N–H and O–H groups in total. The molecule has 0 radical (unpaired) electrons. The number of rotatable bonds is 4. The van der Waals surface area contributed by atoms with Crippen LogP contribution in [0.15, 0.2) is 27.6 Å². The van der Waals surface area contributed by atoms with Crippen molar-refractivity contribution in [1.82, 2.24) is 14.4 Å². The third-order valence-electron chi connectivity index (χ3n) is 5.82. The van der Waals surface area contributed by atoms with Crippen LogP contribution < -0.4 is 0 Å². The number of sulfonamides is 1. The molecule has 2 fully saturated rings. The third kappa shape index (κ3) is 2.77. The van der Waals surface area contributed by atoms with Crippen molar-refractivity contribution in [2.24, 2.45) is 0 Å². The smallest absolute Gasteiger partial charge is 0.245 e. The Balaban J connectivity index is 1.46. The maximum Gasteiger partial charge on any atom is 0.245 e. The highest BCUT2D eigenvalue weighted by Crippen LogP contribution is 2.41. The zero-order chi connectivity index (χ0) is 17.7. The van der Waals surface area contributed by atoms with E-state index in [2.05, 4.69) is 10.1 Å². The number of fused-ring (bicyclic) bond motifs is 1. The Hall–Kier alpha value is -1.73. The minimum absolute atomic E-state index is 0.337. The average Bonchev–Trinajstić information content (AvgIpc) is 3.19. The Bertz CT molecular complexity index is 933. The SMILES string of the molecule is O=S(=O)(c1ccc2c(c1)CCCC2)N1CCCC1c1nc(C2CC2)no1. The zero-order valence-corrected chi connectivity index (χ0v) is 15.5. The summed E-state index contributed by atoms with van der Waals surface area (Å²) >= 11 is 0. The van der Waals surface area contributed by atoms with Crippen LogP contribution in [0.25, 0.3) is 0 Å². The van der Waals surface area contributed by atoms with E-state index in [4.69, 9.17) is 4.52 Å². The van der Waals surface area contributed by atoms with Gasteiger partial charge in [0.1, 0.15) is 6.04 Å². The first-order valence-corrected chi connectivity index (χ1v) is 11.0. The summed E-state index contributed by atoms with van der Waals surface area (Å²) in [4.78, 5) is 4.89. The summed E-state index contributed by atoms with van der Waals surface area (Å²) in [7, 11) is -3.56. The van der Waals surface area contributed by atoms with Gasteiger partial charge < -0.3 is 4.52 Å². The molecule has 1 unspecified atom stereocenters. The van der Waals surface area contributed by atoms with Gasteiger partial charge in [0.25, 0.3) is 0 Å². The molecule has 6 nitrogen and oxygen atoms in total. The molecular weight excluding hydrogens is 350 g/mol. The van der Waals surface area contributed by atoms with E-state index in [9.17, 15) is 8.42 Å². The predicted molar refractivity (Wildman–Crippen MR) is 95.2 cm³/mol. The lowest BCUT2D eigenvalue weighted by atomic mass is 9.92. The summed E-state index contributed by atoms with van der Waals surface area (Å²) in [5.41, 5.74) is 2.47. The van der Waals surface area contributed by atoms with Crippen LogP contribution in [0.3, 0.4) is 0 Å². The molecule has 0 spiro atoms. The predicted octanol–water partition coefficient (Wildman–Crippen LogP) is 3.35. The topological polar surface area (TPSA) is 76.3 Å². The molecule has 1 aliphatic heterocycles. The molecule has 2 heterocycles. The number of aryl methyl sites for hydroxylation is 2. The molecule has 1 aromatic carbocycles. The van der Waals surface area contributed by atoms with Gasteiger partial charge in [0.05, 0.1) is 4.90 Å². The van der Waals surface area contributed by atoms with Crippen LogP contribution >= 0.6 is 0 Å². The minimum Gasteiger partial charge on any atom is -0.338 e. The molecule has 0 bridgehead atoms. The highest BCUT2D eigenvalue weighted by atomic mass is 32.2. The lowest BCUT2D eigenvalue weighted by molar-refractivity contribution is 0.289. The maximum atomic E-state index is 13.3. The number of hydrogen-bond acceptors (Lipinski definition) is 5. The molecule has 3 aliphatic rings. The van der Waals surface area contributed by atoms with Crippen molar-refractivity contribution in [2.75, 3.05) is 6.54 Å². The van der Waals surface area contributed by atoms with Crippen molar-refractivity contribution in [1.29, 1.82) is 0 Å². The molecule has 5 rings (SSSR count). The quantitative estimate of drug-likeness (QED) is 0.821. The Morgan fingerprint density at radius 1 is 1.04 bits per heavy atom. The molecule has 26 heavy (non-hydrogen) atoms. The van der Waals surface area contributed by atoms with Gasteiger partial charge in [0, 0.05) is 12.5 Å². The van der Waals surface area contributed by atoms with Gasteiger partial charge in [-0.1, -0.05) is 11.2 Å². The fourth-order valence-electron chi connectivity index (χ4n) is 4.17. The van der Waals surface area contributed by atoms with Gasteiger partial charge in [-0.05, 0) is 74.6 Å². The molecule has 1 saturated carbocycles. The summed E-state index contributed by atoms with van der Waals surface area (Å²) in [5, 5.41) is 4.06. The summed E-state index contributed by atoms with van der Waals surface area (Å²) in [6, 6.07) is 5.29. The molecule has 2 aromatic rings. The minimum atomic E-state index is -3.56. The summed E-state index contributed by atoms with van der Waals surface area (Å²) in [5.74, 6) is 1.59. The molecule has 7 heteroatoms. The van der Waals surface area contributed by atoms with Crippen molar-refractivity contribution in [3.8, 4) is 0 Å². The fraction of sp³-hybridized carbons (Fsp3) is 0.579. The Labute approximate surface area is 153 Å². The Morgan fingerprint density at radius 3 is 2.65 bits per heavy atom. The van der Waals surface area contributed by atoms with E-state index in [0.717, 1.165) is 50.8 Å². The zero-order valence-electron chi connectivity index (χ0n) is 14.7. The highest BCUT2D eigenvalue weighted by Gasteiger charge is 2.40. The molecule has 1 atom stereocenters. The number of nitrogens with zero attached hydrogens (tertiary/aromatic N) is 3. The second-order valence-corrected chi connectivity index (χ2v) is 9.57. The first kappa shape index (κ1) is 16.4. The largest absolute Gasteiger partial charge is 0.338 e. The van der Waals surface area contributed by atoms with E-state index < -0.39 is 10.0 Å². The standard InChI is InChI=1S/C19H23N3O3S/c23-26(24,16-10-9-13-4-1-2-5-15(13)12-16)22-11-3-6-17(22)19-20-18(21-25-19)14-7-8-14/h9-10,12,14,17H,1-8,11H2. The van der Waals surface area contributed by atoms with Crippen LogP contribution in [-0.4, -0.2) is 29.4 Å². The van der Waals surface area contributed by atoms with E-state index in [1.807, 2.05) is 12.1 Å². The molecule has 0 amide bonds. The number of benzene rings is 1. The Morgan fingerprint density at radius 2 is 1.85 bits per heavy atom. The highest BCUT2D eigenvalue weighted by molar-refractivity contribution is 7.89. The van der Waals surface area contributed by atoms with Crippen molar-refractivity contribution in [3.63, 3.8) is 0 Å². The van der Waals surface area contributed by atoms with Crippen LogP contribution in [0.2, 0.25) is 0 Å². The van der Waals surface area contributed by atoms with Gasteiger partial charge in [-0.25, -0.2) is 8.42 Å². The third-order valence-corrected chi connectivity index (χ3v) is 7.72. The molecule has 1 aromatic heterocycles. The molecule has 138 valence electrons. The second kappa shape index (κ2) is 6.16. The normalized spacial score (nSPS) is 23.9. The lowest BCUT2D eigenvalue weighted by Crippen LogP contribution is -2.31. The van der Waals surface area contributed by atoms with Crippen molar-refractivity contribution < 1.29 is 12.9 Å². The maximum absolute atomic E-state index is 13.3. The average molecular weight is 373 g/mol. The monoisotopic (exact) mass is 373 g/mol. The number of hydrogen-bond donors (Lipinski definition) is 0. The van der Waals surface area contributed by atoms with Crippen LogP contribution in [0.4, 0.5) is 0 Å². The fourth-order valence-corrected chi connectivity index (χ4v) is 5.87. The summed E-state index contributed by atoms with van der Waals surface area (Å²) in [6.07, 6.45) is 8.08. The van der Waals surface area contributed by atoms with Crippen molar-refractivity contribution >= 4 is 10.0 Å². The first-order valence-electron chi connectivity index (χ1n) is 9.60. The first-order chi connectivity index (χ1) is 12.6. The van der Waals surface area contributed by atoms with Gasteiger partial charge in [-0.2, -0.15) is 9.29 Å². The molecular formula is C19H23N3O3S. The van der Waals surface area contributed by atoms with E-state index in [1.54, 1.807) is 10.4 Å². The van der Waals surface area contributed by atoms with Gasteiger partial charge in [-0.3, -0.25) is 0 Å². The molecule has 1 saturated heterocycles. The van der Waals surface area contributed by atoms with Gasteiger partial charge in [0.2, 0.25) is 15.9 Å².